The van der Waals surface area contributed by atoms with Crippen LogP contribution in [0.25, 0.3) is 0 Å². The van der Waals surface area contributed by atoms with E-state index in [1.165, 1.54) is 27.7 Å². The van der Waals surface area contributed by atoms with Crippen molar-refractivity contribution in [3.63, 3.8) is 0 Å². The third-order valence-corrected chi connectivity index (χ3v) is 8.10. The Bertz CT molecular complexity index is 767. The van der Waals surface area contributed by atoms with Gasteiger partial charge in [-0.05, 0) is 50.3 Å². The Hall–Kier alpha value is -1.79. The van der Waals surface area contributed by atoms with Gasteiger partial charge in [-0.3, -0.25) is 0 Å². The monoisotopic (exact) mass is 366 g/mol. The maximum atomic E-state index is 2.47. The number of anilines is 1. The molecule has 3 heteroatoms. The molecule has 0 radical (unpaired) electrons. The molecule has 0 aliphatic carbocycles. The standard InChI is InChI=1S/C23H31N2P/c1-18-14-19(2)22(20(3)15-18)25-13-12-24(16-25)17-26(23(4,5)6)21-10-8-7-9-11-21/h7-15H,16-17H2,1-6H3/t26-/m0/s1. The number of benzene rings is 2. The molecule has 2 nitrogen and oxygen atoms in total. The molecule has 0 fully saturated rings. The van der Waals surface area contributed by atoms with E-state index in [1.54, 1.807) is 0 Å². The maximum Gasteiger partial charge on any atom is 0.0945 e. The molecule has 1 atom stereocenters. The minimum atomic E-state index is -0.268. The Morgan fingerprint density at radius 1 is 0.923 bits per heavy atom. The molecular weight excluding hydrogens is 335 g/mol. The molecule has 0 aromatic heterocycles. The fourth-order valence-electron chi connectivity index (χ4n) is 3.80. The topological polar surface area (TPSA) is 6.48 Å². The molecule has 2 aromatic carbocycles. The van der Waals surface area contributed by atoms with Crippen LogP contribution in [0.3, 0.4) is 0 Å². The molecule has 0 saturated heterocycles. The predicted octanol–water partition coefficient (Wildman–Crippen LogP) is 5.73. The third kappa shape index (κ3) is 4.13. The van der Waals surface area contributed by atoms with E-state index in [0.29, 0.717) is 0 Å². The summed E-state index contributed by atoms with van der Waals surface area (Å²) in [4.78, 5) is 4.87. The molecule has 0 amide bonds. The van der Waals surface area contributed by atoms with Gasteiger partial charge in [0.15, 0.2) is 0 Å². The van der Waals surface area contributed by atoms with Gasteiger partial charge >= 0.3 is 0 Å². The van der Waals surface area contributed by atoms with Crippen LogP contribution in [0, 0.1) is 20.8 Å². The minimum absolute atomic E-state index is 0.268. The first-order valence-corrected chi connectivity index (χ1v) is 10.9. The average Bonchev–Trinajstić information content (AvgIpc) is 2.99. The minimum Gasteiger partial charge on any atom is -0.354 e. The normalized spacial score (nSPS) is 15.6. The second-order valence-electron chi connectivity index (χ2n) is 8.32. The van der Waals surface area contributed by atoms with Gasteiger partial charge in [-0.25, -0.2) is 0 Å². The van der Waals surface area contributed by atoms with Crippen LogP contribution in [0.5, 0.6) is 0 Å². The first-order chi connectivity index (χ1) is 12.3. The van der Waals surface area contributed by atoms with Crippen LogP contribution in [-0.4, -0.2) is 23.0 Å². The lowest BCUT2D eigenvalue weighted by Crippen LogP contribution is -2.31. The van der Waals surface area contributed by atoms with Crippen molar-refractivity contribution in [2.24, 2.45) is 0 Å². The molecule has 1 aliphatic rings. The van der Waals surface area contributed by atoms with Crippen LogP contribution in [0.2, 0.25) is 0 Å². The zero-order chi connectivity index (χ0) is 18.9. The smallest absolute Gasteiger partial charge is 0.0945 e. The van der Waals surface area contributed by atoms with Crippen LogP contribution in [-0.2, 0) is 0 Å². The molecule has 3 rings (SSSR count). The lowest BCUT2D eigenvalue weighted by molar-refractivity contribution is 0.470. The molecule has 0 bridgehead atoms. The Balaban J connectivity index is 1.78. The predicted molar refractivity (Wildman–Crippen MR) is 117 cm³/mol. The molecule has 0 N–H and O–H groups in total. The first kappa shape index (κ1) is 19.0. The van der Waals surface area contributed by atoms with E-state index >= 15 is 0 Å². The van der Waals surface area contributed by atoms with E-state index in [2.05, 4.69) is 106 Å². The highest BCUT2D eigenvalue weighted by atomic mass is 31.1. The van der Waals surface area contributed by atoms with Gasteiger partial charge in [0.25, 0.3) is 0 Å². The number of nitrogens with zero attached hydrogens (tertiary/aromatic N) is 2. The summed E-state index contributed by atoms with van der Waals surface area (Å²) in [5, 5.41) is 1.78. The van der Waals surface area contributed by atoms with Gasteiger partial charge in [0, 0.05) is 24.4 Å². The van der Waals surface area contributed by atoms with Crippen molar-refractivity contribution in [1.82, 2.24) is 4.90 Å². The molecule has 2 aromatic rings. The van der Waals surface area contributed by atoms with Gasteiger partial charge in [0.2, 0.25) is 0 Å². The Morgan fingerprint density at radius 3 is 2.12 bits per heavy atom. The Kier molecular flexibility index (Phi) is 5.44. The zero-order valence-electron chi connectivity index (χ0n) is 17.0. The summed E-state index contributed by atoms with van der Waals surface area (Å²) >= 11 is 0. The van der Waals surface area contributed by atoms with E-state index < -0.39 is 0 Å². The summed E-state index contributed by atoms with van der Waals surface area (Å²) < 4.78 is 0. The van der Waals surface area contributed by atoms with Crippen LogP contribution >= 0.6 is 7.92 Å². The lowest BCUT2D eigenvalue weighted by Gasteiger charge is -2.35. The molecule has 138 valence electrons. The largest absolute Gasteiger partial charge is 0.354 e. The van der Waals surface area contributed by atoms with Gasteiger partial charge < -0.3 is 9.80 Å². The van der Waals surface area contributed by atoms with Crippen molar-refractivity contribution in [2.75, 3.05) is 17.9 Å². The number of hydrogen-bond donors (Lipinski definition) is 0. The van der Waals surface area contributed by atoms with Gasteiger partial charge in [-0.2, -0.15) is 0 Å². The van der Waals surface area contributed by atoms with Crippen LogP contribution < -0.4 is 10.2 Å². The third-order valence-electron chi connectivity index (χ3n) is 4.91. The van der Waals surface area contributed by atoms with Gasteiger partial charge in [0.05, 0.1) is 6.67 Å². The van der Waals surface area contributed by atoms with Crippen molar-refractivity contribution >= 4 is 18.9 Å². The highest BCUT2D eigenvalue weighted by molar-refractivity contribution is 7.67. The van der Waals surface area contributed by atoms with Crippen LogP contribution in [0.1, 0.15) is 37.5 Å². The summed E-state index contributed by atoms with van der Waals surface area (Å²) in [6.45, 7) is 14.7. The van der Waals surface area contributed by atoms with E-state index in [1.807, 2.05) is 0 Å². The van der Waals surface area contributed by atoms with E-state index in [0.717, 1.165) is 13.0 Å². The molecule has 0 unspecified atom stereocenters. The summed E-state index contributed by atoms with van der Waals surface area (Å²) in [6, 6.07) is 15.6. The summed E-state index contributed by atoms with van der Waals surface area (Å²) in [6.07, 6.45) is 5.61. The molecule has 1 heterocycles. The number of hydrogen-bond acceptors (Lipinski definition) is 2. The van der Waals surface area contributed by atoms with Crippen molar-refractivity contribution in [3.8, 4) is 0 Å². The maximum absolute atomic E-state index is 2.47. The van der Waals surface area contributed by atoms with E-state index in [9.17, 15) is 0 Å². The van der Waals surface area contributed by atoms with E-state index in [4.69, 9.17) is 0 Å². The number of aryl methyl sites for hydroxylation is 3. The summed E-state index contributed by atoms with van der Waals surface area (Å²) in [5.41, 5.74) is 5.41. The second-order valence-corrected chi connectivity index (χ2v) is 11.3. The lowest BCUT2D eigenvalue weighted by atomic mass is 10.0. The fraction of sp³-hybridized carbons (Fsp3) is 0.391. The van der Waals surface area contributed by atoms with Crippen LogP contribution in [0.4, 0.5) is 5.69 Å². The quantitative estimate of drug-likeness (QED) is 0.638. The Labute approximate surface area is 160 Å². The fourth-order valence-corrected chi connectivity index (χ4v) is 6.24. The summed E-state index contributed by atoms with van der Waals surface area (Å²) in [5.74, 6) is 0. The Morgan fingerprint density at radius 2 is 1.54 bits per heavy atom. The van der Waals surface area contributed by atoms with Gasteiger partial charge in [-0.1, -0.05) is 68.8 Å². The highest BCUT2D eigenvalue weighted by Crippen LogP contribution is 2.49. The van der Waals surface area contributed by atoms with Crippen molar-refractivity contribution in [1.29, 1.82) is 0 Å². The molecule has 1 aliphatic heterocycles. The van der Waals surface area contributed by atoms with Crippen molar-refractivity contribution in [3.05, 3.63) is 71.6 Å². The molecule has 26 heavy (non-hydrogen) atoms. The van der Waals surface area contributed by atoms with Crippen molar-refractivity contribution in [2.45, 2.75) is 46.7 Å². The second kappa shape index (κ2) is 7.45. The van der Waals surface area contributed by atoms with Crippen molar-refractivity contribution < 1.29 is 0 Å². The van der Waals surface area contributed by atoms with Crippen LogP contribution in [0.15, 0.2) is 54.9 Å². The summed E-state index contributed by atoms with van der Waals surface area (Å²) in [7, 11) is -0.268. The molecule has 0 spiro atoms. The average molecular weight is 366 g/mol. The molecule has 0 saturated carbocycles. The molecular formula is C23H31N2P. The number of rotatable bonds is 4. The zero-order valence-corrected chi connectivity index (χ0v) is 17.8. The van der Waals surface area contributed by atoms with Gasteiger partial charge in [-0.15, -0.1) is 0 Å². The highest BCUT2D eigenvalue weighted by Gasteiger charge is 2.29. The SMILES string of the molecule is Cc1cc(C)c(N2C=CN(C[P@@](c3ccccc3)C(C)(C)C)C2)c(C)c1. The first-order valence-electron chi connectivity index (χ1n) is 9.35. The van der Waals surface area contributed by atoms with E-state index in [-0.39, 0.29) is 13.1 Å². The van der Waals surface area contributed by atoms with Gasteiger partial charge in [0.1, 0.15) is 0 Å².